The van der Waals surface area contributed by atoms with Crippen molar-refractivity contribution < 1.29 is 33.4 Å². The highest BCUT2D eigenvalue weighted by Gasteiger charge is 2.24. The molecule has 0 aromatic carbocycles. The van der Waals surface area contributed by atoms with Crippen LogP contribution in [0.5, 0.6) is 0 Å². The van der Waals surface area contributed by atoms with Gasteiger partial charge in [0.05, 0.1) is 39.6 Å². The van der Waals surface area contributed by atoms with Crippen molar-refractivity contribution in [2.45, 2.75) is 128 Å². The van der Waals surface area contributed by atoms with Crippen molar-refractivity contribution in [3.63, 3.8) is 0 Å². The Bertz CT molecular complexity index is 835. The van der Waals surface area contributed by atoms with Crippen molar-refractivity contribution in [2.75, 3.05) is 87.0 Å². The highest BCUT2D eigenvalue weighted by molar-refractivity contribution is 5.84. The summed E-state index contributed by atoms with van der Waals surface area (Å²) < 4.78 is 16.3. The summed E-state index contributed by atoms with van der Waals surface area (Å²) in [5, 5.41) is 11.5. The average molecular weight is 734 g/mol. The van der Waals surface area contributed by atoms with E-state index in [4.69, 9.17) is 14.2 Å². The van der Waals surface area contributed by atoms with Gasteiger partial charge in [-0.3, -0.25) is 19.2 Å². The first-order valence-corrected chi connectivity index (χ1v) is 19.2. The summed E-state index contributed by atoms with van der Waals surface area (Å²) in [7, 11) is 5.41. The Morgan fingerprint density at radius 1 is 0.686 bits per heavy atom. The highest BCUT2D eigenvalue weighted by atomic mass is 16.5. The third-order valence-corrected chi connectivity index (χ3v) is 7.11. The van der Waals surface area contributed by atoms with Crippen molar-refractivity contribution in [3.05, 3.63) is 0 Å². The molecule has 4 N–H and O–H groups in total. The van der Waals surface area contributed by atoms with Crippen molar-refractivity contribution >= 4 is 24.1 Å². The average Bonchev–Trinajstić information content (AvgIpc) is 3.08. The highest BCUT2D eigenvalue weighted by Crippen LogP contribution is 2.19. The Hall–Kier alpha value is -2.28. The molecule has 0 heterocycles. The number of hydrogen-bond donors (Lipinski definition) is 4. The smallest absolute Gasteiger partial charge is 0.239 e. The van der Waals surface area contributed by atoms with E-state index in [0.29, 0.717) is 65.5 Å². The fourth-order valence-corrected chi connectivity index (χ4v) is 3.97. The van der Waals surface area contributed by atoms with Gasteiger partial charge in [-0.15, -0.1) is 0 Å². The van der Waals surface area contributed by atoms with Gasteiger partial charge >= 0.3 is 0 Å². The second-order valence-electron chi connectivity index (χ2n) is 15.0. The van der Waals surface area contributed by atoms with Crippen LogP contribution in [-0.4, -0.2) is 116 Å². The van der Waals surface area contributed by atoms with Crippen LogP contribution in [0, 0.1) is 16.2 Å². The molecule has 306 valence electrons. The van der Waals surface area contributed by atoms with Crippen molar-refractivity contribution in [1.29, 1.82) is 0 Å². The number of rotatable bonds is 27. The van der Waals surface area contributed by atoms with Gasteiger partial charge in [0.15, 0.2) is 0 Å². The Balaban J connectivity index is -0.000000395. The molecule has 0 aliphatic rings. The van der Waals surface area contributed by atoms with Gasteiger partial charge in [0, 0.05) is 62.9 Å². The van der Waals surface area contributed by atoms with Crippen molar-refractivity contribution in [3.8, 4) is 0 Å². The molecule has 0 spiro atoms. The predicted octanol–water partition coefficient (Wildman–Crippen LogP) is 5.58. The van der Waals surface area contributed by atoms with E-state index >= 15 is 0 Å². The minimum Gasteiger partial charge on any atom is -0.384 e. The van der Waals surface area contributed by atoms with Gasteiger partial charge in [0.2, 0.25) is 24.1 Å². The molecule has 0 saturated carbocycles. The summed E-state index contributed by atoms with van der Waals surface area (Å²) in [4.78, 5) is 46.8. The van der Waals surface area contributed by atoms with Gasteiger partial charge in [0.1, 0.15) is 0 Å². The number of unbranched alkanes of at least 4 members (excludes halogenated alkanes) is 4. The van der Waals surface area contributed by atoms with E-state index in [2.05, 4.69) is 49.0 Å². The third kappa shape index (κ3) is 43.8. The minimum absolute atomic E-state index is 0.00601. The maximum atomic E-state index is 11.9. The Morgan fingerprint density at radius 3 is 1.67 bits per heavy atom. The SMILES string of the molecule is CC.CCCCCC(=O)NCC(=O)NCC(C)(C)COCC(C)(C)CNC(=O)CC.CCCCCNC.COCC(C)(C)COCCN(C)C=O. The normalized spacial score (nSPS) is 11.0. The molecule has 12 nitrogen and oxygen atoms in total. The number of ether oxygens (including phenoxy) is 3. The lowest BCUT2D eigenvalue weighted by molar-refractivity contribution is -0.126. The molecule has 0 saturated heterocycles. The number of carbonyl (C=O) groups excluding carboxylic acids is 4. The van der Waals surface area contributed by atoms with Gasteiger partial charge in [-0.25, -0.2) is 0 Å². The zero-order chi connectivity index (χ0) is 40.2. The van der Waals surface area contributed by atoms with Crippen LogP contribution < -0.4 is 21.3 Å². The molecule has 0 aromatic rings. The lowest BCUT2D eigenvalue weighted by atomic mass is 9.93. The molecule has 0 atom stereocenters. The van der Waals surface area contributed by atoms with E-state index in [1.165, 1.54) is 25.8 Å². The Labute approximate surface area is 314 Å². The fourth-order valence-electron chi connectivity index (χ4n) is 3.97. The zero-order valence-electron chi connectivity index (χ0n) is 35.6. The van der Waals surface area contributed by atoms with E-state index in [-0.39, 0.29) is 40.5 Å². The number of hydrogen-bond acceptors (Lipinski definition) is 8. The van der Waals surface area contributed by atoms with Gasteiger partial charge < -0.3 is 40.4 Å². The Kier molecular flexibility index (Phi) is 39.3. The second kappa shape index (κ2) is 36.1. The topological polar surface area (TPSA) is 147 Å². The van der Waals surface area contributed by atoms with Crippen molar-refractivity contribution in [1.82, 2.24) is 26.2 Å². The summed E-state index contributed by atoms with van der Waals surface area (Å²) in [5.41, 5.74) is -0.357. The van der Waals surface area contributed by atoms with Gasteiger partial charge in [-0.2, -0.15) is 0 Å². The lowest BCUT2D eigenvalue weighted by Gasteiger charge is -2.29. The lowest BCUT2D eigenvalue weighted by Crippen LogP contribution is -2.42. The monoisotopic (exact) mass is 734 g/mol. The fraction of sp³-hybridized carbons (Fsp3) is 0.897. The van der Waals surface area contributed by atoms with Crippen LogP contribution in [0.2, 0.25) is 0 Å². The first kappa shape index (κ1) is 55.5. The molecule has 0 radical (unpaired) electrons. The molecule has 12 heteroatoms. The van der Waals surface area contributed by atoms with Crippen LogP contribution in [0.25, 0.3) is 0 Å². The van der Waals surface area contributed by atoms with Crippen LogP contribution >= 0.6 is 0 Å². The summed E-state index contributed by atoms with van der Waals surface area (Å²) in [6.07, 6.45) is 8.69. The maximum Gasteiger partial charge on any atom is 0.239 e. The van der Waals surface area contributed by atoms with Crippen LogP contribution in [-0.2, 0) is 33.4 Å². The van der Waals surface area contributed by atoms with Gasteiger partial charge in [0.25, 0.3) is 0 Å². The molecule has 0 rings (SSSR count). The number of nitrogens with zero attached hydrogens (tertiary/aromatic N) is 1. The quantitative estimate of drug-likeness (QED) is 0.0633. The van der Waals surface area contributed by atoms with E-state index in [1.54, 1.807) is 19.1 Å². The first-order chi connectivity index (χ1) is 23.9. The largest absolute Gasteiger partial charge is 0.384 e. The van der Waals surface area contributed by atoms with Crippen LogP contribution in [0.4, 0.5) is 0 Å². The number of nitrogens with one attached hydrogen (secondary N) is 4. The summed E-state index contributed by atoms with van der Waals surface area (Å²) >= 11 is 0. The van der Waals surface area contributed by atoms with Crippen LogP contribution in [0.1, 0.15) is 128 Å². The summed E-state index contributed by atoms with van der Waals surface area (Å²) in [6.45, 7) is 28.2. The second-order valence-corrected chi connectivity index (χ2v) is 15.0. The van der Waals surface area contributed by atoms with Gasteiger partial charge in [-0.1, -0.05) is 102 Å². The molecule has 0 unspecified atom stereocenters. The van der Waals surface area contributed by atoms with E-state index in [1.807, 2.05) is 55.5 Å². The standard InChI is InChI=1S/C21H41N3O4.C10H21NO3.C6H15N.C2H6/c1-7-9-10-11-18(26)22-12-19(27)24-14-21(5,6)16-28-15-20(3,4)13-23-17(25)8-2;1-10(2,7-13-4)8-14-6-5-11(3)9-12;1-3-4-5-6-7-2;1-2/h7-16H2,1-6H3,(H,22,26)(H,23,25)(H,24,27);9H,5-8H2,1-4H3;7H,3-6H2,1-2H3;1-2H3. The molecule has 51 heavy (non-hydrogen) atoms. The minimum atomic E-state index is -0.233. The summed E-state index contributed by atoms with van der Waals surface area (Å²) in [6, 6.07) is 0. The zero-order valence-corrected chi connectivity index (χ0v) is 35.6. The van der Waals surface area contributed by atoms with Crippen LogP contribution in [0.15, 0.2) is 0 Å². The molecule has 0 bridgehead atoms. The van der Waals surface area contributed by atoms with Crippen molar-refractivity contribution in [2.24, 2.45) is 16.2 Å². The number of methoxy groups -OCH3 is 1. The molecular weight excluding hydrogens is 650 g/mol. The number of carbonyl (C=O) groups is 4. The number of likely N-dealkylation sites (N-methyl/N-ethyl adjacent to an activating group) is 1. The first-order valence-electron chi connectivity index (χ1n) is 19.2. The van der Waals surface area contributed by atoms with E-state index < -0.39 is 0 Å². The van der Waals surface area contributed by atoms with Crippen LogP contribution in [0.3, 0.4) is 0 Å². The molecule has 0 aromatic heterocycles. The summed E-state index contributed by atoms with van der Waals surface area (Å²) in [5.74, 6) is -0.239. The maximum absolute atomic E-state index is 11.9. The number of amides is 4. The molecular formula is C39H83N5O7. The molecule has 0 fully saturated rings. The molecule has 0 aliphatic carbocycles. The third-order valence-electron chi connectivity index (χ3n) is 7.11. The molecule has 4 amide bonds. The predicted molar refractivity (Wildman–Crippen MR) is 212 cm³/mol. The molecule has 0 aliphatic heterocycles. The van der Waals surface area contributed by atoms with E-state index in [0.717, 1.165) is 25.7 Å². The van der Waals surface area contributed by atoms with E-state index in [9.17, 15) is 19.2 Å². The Morgan fingerprint density at radius 2 is 1.20 bits per heavy atom. The van der Waals surface area contributed by atoms with Gasteiger partial charge in [-0.05, 0) is 26.4 Å².